The smallest absolute Gasteiger partial charge is 0.341 e. The monoisotopic (exact) mass is 585 g/mol. The predicted molar refractivity (Wildman–Crippen MR) is 156 cm³/mol. The lowest BCUT2D eigenvalue weighted by Gasteiger charge is -2.37. The highest BCUT2D eigenvalue weighted by Gasteiger charge is 2.27. The Morgan fingerprint density at radius 2 is 1.88 bits per heavy atom. The summed E-state index contributed by atoms with van der Waals surface area (Å²) in [7, 11) is 1.56. The number of carbonyl (C=O) groups is 2. The lowest BCUT2D eigenvalue weighted by Crippen LogP contribution is -2.50. The van der Waals surface area contributed by atoms with Crippen molar-refractivity contribution in [2.45, 2.75) is 19.9 Å². The molecule has 2 amide bonds. The van der Waals surface area contributed by atoms with E-state index in [1.807, 2.05) is 6.07 Å². The van der Waals surface area contributed by atoms with Crippen molar-refractivity contribution in [3.05, 3.63) is 60.0 Å². The van der Waals surface area contributed by atoms with Gasteiger partial charge in [0.15, 0.2) is 11.5 Å². The van der Waals surface area contributed by atoms with E-state index in [0.717, 1.165) is 0 Å². The van der Waals surface area contributed by atoms with Crippen molar-refractivity contribution >= 4 is 34.3 Å². The van der Waals surface area contributed by atoms with E-state index in [2.05, 4.69) is 36.8 Å². The number of fused-ring (bicyclic) bond motifs is 1. The third-order valence-corrected chi connectivity index (χ3v) is 6.95. The van der Waals surface area contributed by atoms with Crippen LogP contribution in [-0.2, 0) is 11.3 Å². The van der Waals surface area contributed by atoms with Gasteiger partial charge in [-0.3, -0.25) is 4.98 Å². The van der Waals surface area contributed by atoms with Crippen LogP contribution in [0.25, 0.3) is 10.9 Å². The molecule has 0 unspecified atom stereocenters. The van der Waals surface area contributed by atoms with E-state index in [0.29, 0.717) is 90.7 Å². The number of benzene rings is 2. The van der Waals surface area contributed by atoms with Gasteiger partial charge >= 0.3 is 12.0 Å². The Morgan fingerprint density at radius 1 is 1.09 bits per heavy atom. The highest BCUT2D eigenvalue weighted by atomic mass is 16.5. The number of piperazine rings is 1. The zero-order valence-corrected chi connectivity index (χ0v) is 23.9. The van der Waals surface area contributed by atoms with Gasteiger partial charge in [0.05, 0.1) is 43.2 Å². The number of pyridine rings is 1. The summed E-state index contributed by atoms with van der Waals surface area (Å²) in [5.41, 5.74) is 2.75. The molecule has 1 fully saturated rings. The molecule has 43 heavy (non-hydrogen) atoms. The number of ether oxygens (including phenoxy) is 3. The summed E-state index contributed by atoms with van der Waals surface area (Å²) in [5, 5.41) is 23.7. The summed E-state index contributed by atoms with van der Waals surface area (Å²) in [5.74, 6) is 0.549. The Morgan fingerprint density at radius 3 is 2.56 bits per heavy atom. The van der Waals surface area contributed by atoms with E-state index >= 15 is 0 Å². The van der Waals surface area contributed by atoms with Gasteiger partial charge in [0.25, 0.3) is 0 Å². The quantitative estimate of drug-likeness (QED) is 0.215. The molecule has 1 aliphatic rings. The van der Waals surface area contributed by atoms with Gasteiger partial charge in [-0.15, -0.1) is 5.10 Å². The Bertz CT molecular complexity index is 1610. The molecule has 1 saturated heterocycles. The number of hydrogen-bond donors (Lipinski definition) is 1. The molecular weight excluding hydrogens is 554 g/mol. The number of hydrogen-bond acceptors (Lipinski definition) is 11. The largest absolute Gasteiger partial charge is 0.493 e. The number of nitrogens with one attached hydrogen (secondary N) is 1. The summed E-state index contributed by atoms with van der Waals surface area (Å²) < 4.78 is 18.7. The molecule has 5 rings (SSSR count). The summed E-state index contributed by atoms with van der Waals surface area (Å²) in [6.45, 7) is 4.78. The lowest BCUT2D eigenvalue weighted by molar-refractivity contribution is 0.0526. The van der Waals surface area contributed by atoms with Gasteiger partial charge in [-0.2, -0.15) is 5.26 Å². The standard InChI is InChI=1S/C29H31N9O5/c1-3-42-28(39)23-18-31-24-16-26(43-14-4-9-38-19-32-34-35-38)25(41-2)15-22(24)27(23)36-10-12-37(13-11-36)29(40)33-21-7-5-20(17-30)6-8-21/h5-8,15-16,18-19H,3-4,9-14H2,1-2H3,(H,33,40). The first-order chi connectivity index (χ1) is 21.0. The summed E-state index contributed by atoms with van der Waals surface area (Å²) in [6, 6.07) is 12.1. The number of esters is 1. The van der Waals surface area contributed by atoms with Crippen molar-refractivity contribution in [1.29, 1.82) is 5.26 Å². The number of amides is 2. The molecule has 14 nitrogen and oxygen atoms in total. The molecule has 0 spiro atoms. The third kappa shape index (κ3) is 6.72. The minimum Gasteiger partial charge on any atom is -0.493 e. The van der Waals surface area contributed by atoms with Crippen LogP contribution in [-0.4, -0.2) is 88.6 Å². The minimum atomic E-state index is -0.477. The fourth-order valence-electron chi connectivity index (χ4n) is 4.81. The zero-order valence-electron chi connectivity index (χ0n) is 23.9. The molecule has 1 N–H and O–H groups in total. The molecule has 3 heterocycles. The van der Waals surface area contributed by atoms with E-state index in [9.17, 15) is 9.59 Å². The van der Waals surface area contributed by atoms with Crippen molar-refractivity contribution in [2.24, 2.45) is 0 Å². The number of aryl methyl sites for hydroxylation is 1. The van der Waals surface area contributed by atoms with Crippen LogP contribution in [0.1, 0.15) is 29.3 Å². The lowest BCUT2D eigenvalue weighted by atomic mass is 10.1. The van der Waals surface area contributed by atoms with Gasteiger partial charge < -0.3 is 29.3 Å². The van der Waals surface area contributed by atoms with E-state index in [4.69, 9.17) is 19.5 Å². The van der Waals surface area contributed by atoms with Crippen LogP contribution < -0.4 is 19.7 Å². The maximum Gasteiger partial charge on any atom is 0.341 e. The van der Waals surface area contributed by atoms with Gasteiger partial charge in [-0.1, -0.05) is 0 Å². The van der Waals surface area contributed by atoms with Crippen LogP contribution >= 0.6 is 0 Å². The van der Waals surface area contributed by atoms with Crippen molar-refractivity contribution in [2.75, 3.05) is 56.7 Å². The summed E-state index contributed by atoms with van der Waals surface area (Å²) >= 11 is 0. The highest BCUT2D eigenvalue weighted by Crippen LogP contribution is 2.38. The number of methoxy groups -OCH3 is 1. The molecule has 14 heteroatoms. The van der Waals surface area contributed by atoms with Gasteiger partial charge in [-0.05, 0) is 47.7 Å². The number of aromatic nitrogens is 5. The topological polar surface area (TPSA) is 161 Å². The highest BCUT2D eigenvalue weighted by molar-refractivity contribution is 6.06. The molecule has 0 saturated carbocycles. The van der Waals surface area contributed by atoms with Gasteiger partial charge in [0, 0.05) is 62.5 Å². The van der Waals surface area contributed by atoms with E-state index in [1.165, 1.54) is 6.20 Å². The van der Waals surface area contributed by atoms with Crippen LogP contribution in [0.15, 0.2) is 48.9 Å². The third-order valence-electron chi connectivity index (χ3n) is 6.95. The average Bonchev–Trinajstić information content (AvgIpc) is 3.56. The molecule has 1 aliphatic heterocycles. The Kier molecular flexibility index (Phi) is 9.11. The number of carbonyl (C=O) groups excluding carboxylic acids is 2. The van der Waals surface area contributed by atoms with Crippen molar-refractivity contribution in [1.82, 2.24) is 30.1 Å². The Labute approximate surface area is 247 Å². The fraction of sp³-hybridized carbons (Fsp3) is 0.345. The second kappa shape index (κ2) is 13.5. The van der Waals surface area contributed by atoms with Crippen LogP contribution in [0.2, 0.25) is 0 Å². The second-order valence-electron chi connectivity index (χ2n) is 9.63. The maximum absolute atomic E-state index is 13.0. The number of rotatable bonds is 10. The molecule has 4 aromatic rings. The minimum absolute atomic E-state index is 0.223. The Balaban J connectivity index is 1.35. The fourth-order valence-corrected chi connectivity index (χ4v) is 4.81. The first-order valence-corrected chi connectivity index (χ1v) is 13.8. The van der Waals surface area contributed by atoms with Crippen LogP contribution in [0.5, 0.6) is 11.5 Å². The number of anilines is 2. The number of urea groups is 1. The van der Waals surface area contributed by atoms with Gasteiger partial charge in [-0.25, -0.2) is 14.3 Å². The number of tetrazole rings is 1. The molecule has 0 aliphatic carbocycles. The molecule has 2 aromatic carbocycles. The molecule has 0 bridgehead atoms. The normalized spacial score (nSPS) is 13.0. The van der Waals surface area contributed by atoms with E-state index < -0.39 is 5.97 Å². The predicted octanol–water partition coefficient (Wildman–Crippen LogP) is 3.10. The van der Waals surface area contributed by atoms with Crippen molar-refractivity contribution in [3.8, 4) is 17.6 Å². The zero-order chi connectivity index (χ0) is 30.2. The summed E-state index contributed by atoms with van der Waals surface area (Å²) in [4.78, 5) is 34.3. The van der Waals surface area contributed by atoms with Gasteiger partial charge in [0.2, 0.25) is 0 Å². The van der Waals surface area contributed by atoms with E-state index in [1.54, 1.807) is 60.3 Å². The molecule has 0 atom stereocenters. The van der Waals surface area contributed by atoms with Crippen molar-refractivity contribution in [3.63, 3.8) is 0 Å². The summed E-state index contributed by atoms with van der Waals surface area (Å²) in [6.07, 6.45) is 3.74. The molecule has 222 valence electrons. The van der Waals surface area contributed by atoms with E-state index in [-0.39, 0.29) is 12.6 Å². The first-order valence-electron chi connectivity index (χ1n) is 13.8. The molecule has 0 radical (unpaired) electrons. The number of nitrogens with zero attached hydrogens (tertiary/aromatic N) is 8. The molecule has 2 aromatic heterocycles. The number of nitriles is 1. The Hall–Kier alpha value is -5.45. The maximum atomic E-state index is 13.0. The molecular formula is C29H31N9O5. The van der Waals surface area contributed by atoms with Crippen LogP contribution in [0.4, 0.5) is 16.2 Å². The SMILES string of the molecule is CCOC(=O)c1cnc2cc(OCCCn3cnnn3)c(OC)cc2c1N1CCN(C(=O)Nc2ccc(C#N)cc2)CC1. The van der Waals surface area contributed by atoms with Gasteiger partial charge in [0.1, 0.15) is 11.9 Å². The first kappa shape index (κ1) is 29.1. The average molecular weight is 586 g/mol. The van der Waals surface area contributed by atoms with Crippen LogP contribution in [0.3, 0.4) is 0 Å². The second-order valence-corrected chi connectivity index (χ2v) is 9.63. The van der Waals surface area contributed by atoms with Crippen LogP contribution in [0, 0.1) is 11.3 Å². The van der Waals surface area contributed by atoms with Crippen molar-refractivity contribution < 1.29 is 23.8 Å².